The highest BCUT2D eigenvalue weighted by Crippen LogP contribution is 2.25. The van der Waals surface area contributed by atoms with Crippen molar-refractivity contribution in [2.75, 3.05) is 29.0 Å². The maximum Gasteiger partial charge on any atom is 0.338 e. The van der Waals surface area contributed by atoms with E-state index >= 15 is 0 Å². The summed E-state index contributed by atoms with van der Waals surface area (Å²) in [5, 5.41) is 2.67. The maximum atomic E-state index is 12.5. The number of anilines is 2. The summed E-state index contributed by atoms with van der Waals surface area (Å²) in [5.74, 6) is -0.904. The molecular formula is C22H28N2O5S. The third kappa shape index (κ3) is 6.32. The predicted molar refractivity (Wildman–Crippen MR) is 118 cm³/mol. The standard InChI is InChI=1S/C22H28N2O5S/c1-5-6-14-29-22(26)18-10-12-19(13-11-18)23-21(25)15-24(30(4,27)28)20-9-7-8-16(2)17(20)3/h7-13H,5-6,14-15H2,1-4H3,(H,23,25). The van der Waals surface area contributed by atoms with Gasteiger partial charge in [-0.25, -0.2) is 13.2 Å². The van der Waals surface area contributed by atoms with Crippen LogP contribution < -0.4 is 9.62 Å². The Morgan fingerprint density at radius 3 is 2.33 bits per heavy atom. The Bertz CT molecular complexity index is 1000. The van der Waals surface area contributed by atoms with Crippen molar-refractivity contribution < 1.29 is 22.7 Å². The number of aryl methyl sites for hydroxylation is 1. The zero-order chi connectivity index (χ0) is 22.3. The van der Waals surface area contributed by atoms with Crippen LogP contribution in [0.2, 0.25) is 0 Å². The van der Waals surface area contributed by atoms with E-state index in [1.807, 2.05) is 26.8 Å². The van der Waals surface area contributed by atoms with Crippen LogP contribution in [0, 0.1) is 13.8 Å². The number of hydrogen-bond acceptors (Lipinski definition) is 5. The van der Waals surface area contributed by atoms with E-state index in [0.29, 0.717) is 23.5 Å². The number of unbranched alkanes of at least 4 members (excludes halogenated alkanes) is 1. The largest absolute Gasteiger partial charge is 0.462 e. The Morgan fingerprint density at radius 1 is 1.07 bits per heavy atom. The molecule has 0 fully saturated rings. The molecule has 0 saturated heterocycles. The Kier molecular flexibility index (Phi) is 8.00. The van der Waals surface area contributed by atoms with Crippen molar-refractivity contribution in [2.24, 2.45) is 0 Å². The van der Waals surface area contributed by atoms with E-state index in [1.54, 1.807) is 36.4 Å². The summed E-state index contributed by atoms with van der Waals surface area (Å²) in [6, 6.07) is 11.6. The minimum absolute atomic E-state index is 0.357. The summed E-state index contributed by atoms with van der Waals surface area (Å²) in [6.07, 6.45) is 2.81. The second-order valence-electron chi connectivity index (χ2n) is 7.10. The molecule has 1 N–H and O–H groups in total. The predicted octanol–water partition coefficient (Wildman–Crippen LogP) is 3.67. The van der Waals surface area contributed by atoms with Gasteiger partial charge in [-0.05, 0) is 61.7 Å². The first-order valence-corrected chi connectivity index (χ1v) is 11.6. The highest BCUT2D eigenvalue weighted by atomic mass is 32.2. The molecule has 0 saturated carbocycles. The topological polar surface area (TPSA) is 92.8 Å². The number of hydrogen-bond donors (Lipinski definition) is 1. The molecule has 0 heterocycles. The summed E-state index contributed by atoms with van der Waals surface area (Å²) in [4.78, 5) is 24.5. The second kappa shape index (κ2) is 10.2. The number of benzene rings is 2. The van der Waals surface area contributed by atoms with E-state index in [2.05, 4.69) is 5.32 Å². The molecule has 0 bridgehead atoms. The normalized spacial score (nSPS) is 11.1. The Labute approximate surface area is 178 Å². The molecule has 8 heteroatoms. The number of carbonyl (C=O) groups excluding carboxylic acids is 2. The molecule has 1 amide bonds. The quantitative estimate of drug-likeness (QED) is 0.482. The molecule has 0 unspecified atom stereocenters. The van der Waals surface area contributed by atoms with Crippen LogP contribution in [0.4, 0.5) is 11.4 Å². The molecule has 0 aliphatic heterocycles. The molecule has 0 spiro atoms. The second-order valence-corrected chi connectivity index (χ2v) is 9.01. The fourth-order valence-corrected chi connectivity index (χ4v) is 3.71. The van der Waals surface area contributed by atoms with Gasteiger partial charge < -0.3 is 10.1 Å². The van der Waals surface area contributed by atoms with Crippen molar-refractivity contribution in [1.82, 2.24) is 0 Å². The fraction of sp³-hybridized carbons (Fsp3) is 0.364. The van der Waals surface area contributed by atoms with E-state index in [4.69, 9.17) is 4.74 Å². The first-order valence-electron chi connectivity index (χ1n) is 9.74. The zero-order valence-electron chi connectivity index (χ0n) is 17.8. The molecule has 0 atom stereocenters. The number of nitrogens with zero attached hydrogens (tertiary/aromatic N) is 1. The van der Waals surface area contributed by atoms with Crippen LogP contribution in [0.25, 0.3) is 0 Å². The van der Waals surface area contributed by atoms with Gasteiger partial charge in [0.2, 0.25) is 15.9 Å². The Hall–Kier alpha value is -2.87. The van der Waals surface area contributed by atoms with Gasteiger partial charge in [0.05, 0.1) is 24.1 Å². The molecule has 0 aliphatic rings. The van der Waals surface area contributed by atoms with Gasteiger partial charge in [0.1, 0.15) is 6.54 Å². The lowest BCUT2D eigenvalue weighted by molar-refractivity contribution is -0.114. The zero-order valence-corrected chi connectivity index (χ0v) is 18.6. The van der Waals surface area contributed by atoms with Crippen molar-refractivity contribution in [3.05, 3.63) is 59.2 Å². The van der Waals surface area contributed by atoms with Gasteiger partial charge >= 0.3 is 5.97 Å². The van der Waals surface area contributed by atoms with Gasteiger partial charge in [-0.1, -0.05) is 25.5 Å². The van der Waals surface area contributed by atoms with Gasteiger partial charge in [0, 0.05) is 5.69 Å². The summed E-state index contributed by atoms with van der Waals surface area (Å²) in [7, 11) is -3.66. The number of ether oxygens (including phenoxy) is 1. The van der Waals surface area contributed by atoms with Gasteiger partial charge in [-0.15, -0.1) is 0 Å². The SMILES string of the molecule is CCCCOC(=O)c1ccc(NC(=O)CN(c2cccc(C)c2C)S(C)(=O)=O)cc1. The van der Waals surface area contributed by atoms with Crippen molar-refractivity contribution in [2.45, 2.75) is 33.6 Å². The molecule has 0 aromatic heterocycles. The van der Waals surface area contributed by atoms with Crippen molar-refractivity contribution in [3.63, 3.8) is 0 Å². The van der Waals surface area contributed by atoms with Crippen molar-refractivity contribution in [1.29, 1.82) is 0 Å². The average molecular weight is 433 g/mol. The van der Waals surface area contributed by atoms with Gasteiger partial charge in [0.15, 0.2) is 0 Å². The van der Waals surface area contributed by atoms with E-state index in [0.717, 1.165) is 34.5 Å². The third-order valence-corrected chi connectivity index (χ3v) is 5.79. The molecule has 2 aromatic rings. The Morgan fingerprint density at radius 2 is 1.73 bits per heavy atom. The first kappa shape index (κ1) is 23.4. The van der Waals surface area contributed by atoms with Crippen LogP contribution in [0.3, 0.4) is 0 Å². The molecule has 2 rings (SSSR count). The van der Waals surface area contributed by atoms with Crippen LogP contribution in [-0.4, -0.2) is 39.7 Å². The van der Waals surface area contributed by atoms with Crippen LogP contribution in [-0.2, 0) is 19.6 Å². The maximum absolute atomic E-state index is 12.5. The average Bonchev–Trinajstić information content (AvgIpc) is 2.68. The van der Waals surface area contributed by atoms with Gasteiger partial charge in [0.25, 0.3) is 0 Å². The highest BCUT2D eigenvalue weighted by Gasteiger charge is 2.23. The summed E-state index contributed by atoms with van der Waals surface area (Å²) < 4.78 is 30.8. The highest BCUT2D eigenvalue weighted by molar-refractivity contribution is 7.92. The minimum atomic E-state index is -3.66. The number of rotatable bonds is 9. The van der Waals surface area contributed by atoms with Crippen molar-refractivity contribution >= 4 is 33.3 Å². The van der Waals surface area contributed by atoms with E-state index in [-0.39, 0.29) is 6.54 Å². The molecule has 0 aliphatic carbocycles. The van der Waals surface area contributed by atoms with Crippen LogP contribution in [0.1, 0.15) is 41.3 Å². The first-order chi connectivity index (χ1) is 14.1. The summed E-state index contributed by atoms with van der Waals surface area (Å²) in [6.45, 7) is 5.72. The molecule has 162 valence electrons. The fourth-order valence-electron chi connectivity index (χ4n) is 2.80. The number of amides is 1. The van der Waals surface area contributed by atoms with Crippen LogP contribution in [0.15, 0.2) is 42.5 Å². The lowest BCUT2D eigenvalue weighted by atomic mass is 10.1. The molecule has 0 radical (unpaired) electrons. The van der Waals surface area contributed by atoms with E-state index < -0.39 is 21.9 Å². The van der Waals surface area contributed by atoms with Crippen LogP contribution in [0.5, 0.6) is 0 Å². The lowest BCUT2D eigenvalue weighted by Gasteiger charge is -2.24. The number of esters is 1. The number of sulfonamides is 1. The van der Waals surface area contributed by atoms with E-state index in [9.17, 15) is 18.0 Å². The van der Waals surface area contributed by atoms with E-state index in [1.165, 1.54) is 0 Å². The lowest BCUT2D eigenvalue weighted by Crippen LogP contribution is -2.38. The third-order valence-electron chi connectivity index (χ3n) is 4.67. The van der Waals surface area contributed by atoms with Crippen molar-refractivity contribution in [3.8, 4) is 0 Å². The van der Waals surface area contributed by atoms with Gasteiger partial charge in [-0.2, -0.15) is 0 Å². The van der Waals surface area contributed by atoms with Crippen LogP contribution >= 0.6 is 0 Å². The molecule has 30 heavy (non-hydrogen) atoms. The van der Waals surface area contributed by atoms with Gasteiger partial charge in [-0.3, -0.25) is 9.10 Å². The summed E-state index contributed by atoms with van der Waals surface area (Å²) >= 11 is 0. The molecule has 7 nitrogen and oxygen atoms in total. The molecular weight excluding hydrogens is 404 g/mol. The minimum Gasteiger partial charge on any atom is -0.462 e. The Balaban J connectivity index is 2.09. The number of carbonyl (C=O) groups is 2. The smallest absolute Gasteiger partial charge is 0.338 e. The molecule has 2 aromatic carbocycles. The summed E-state index contributed by atoms with van der Waals surface area (Å²) in [5.41, 5.74) is 3.04. The number of nitrogens with one attached hydrogen (secondary N) is 1. The monoisotopic (exact) mass is 432 g/mol.